The van der Waals surface area contributed by atoms with Gasteiger partial charge < -0.3 is 15.3 Å². The number of carbonyl (C=O) groups is 1. The molecule has 1 unspecified atom stereocenters. The molecule has 0 aliphatic rings. The largest absolute Gasteiger partial charge is 0.507 e. The summed E-state index contributed by atoms with van der Waals surface area (Å²) in [5.74, 6) is -0.716. The Labute approximate surface area is 135 Å². The lowest BCUT2D eigenvalue weighted by atomic mass is 10.1. The number of halogens is 1. The third kappa shape index (κ3) is 4.29. The Hall–Kier alpha value is -2.40. The van der Waals surface area contributed by atoms with E-state index < -0.39 is 0 Å². The van der Waals surface area contributed by atoms with Crippen molar-refractivity contribution in [2.24, 2.45) is 0 Å². The highest BCUT2D eigenvalue weighted by Gasteiger charge is 2.18. The molecule has 2 rings (SSSR count). The molecule has 1 atom stereocenters. The van der Waals surface area contributed by atoms with E-state index in [4.69, 9.17) is 0 Å². The molecule has 0 saturated heterocycles. The number of aromatic hydroxyl groups is 1. The van der Waals surface area contributed by atoms with E-state index >= 15 is 0 Å². The van der Waals surface area contributed by atoms with Crippen LogP contribution in [-0.2, 0) is 0 Å². The number of nitrogens with zero attached hydrogens (tertiary/aromatic N) is 1. The second-order valence-corrected chi connectivity index (χ2v) is 5.77. The third-order valence-corrected chi connectivity index (χ3v) is 3.71. The normalized spacial score (nSPS) is 12.2. The van der Waals surface area contributed by atoms with Crippen LogP contribution in [0.1, 0.15) is 27.5 Å². The fraction of sp³-hybridized carbons (Fsp3) is 0.278. The molecule has 2 aromatic carbocycles. The van der Waals surface area contributed by atoms with E-state index in [1.165, 1.54) is 18.2 Å². The van der Waals surface area contributed by atoms with Crippen molar-refractivity contribution in [3.63, 3.8) is 0 Å². The number of phenols is 1. The van der Waals surface area contributed by atoms with Gasteiger partial charge in [0.2, 0.25) is 0 Å². The Morgan fingerprint density at radius 2 is 2.00 bits per heavy atom. The lowest BCUT2D eigenvalue weighted by Gasteiger charge is -2.25. The molecule has 0 bridgehead atoms. The number of aryl methyl sites for hydroxylation is 1. The number of likely N-dealkylation sites (N-methyl/N-ethyl adjacent to an activating group) is 1. The van der Waals surface area contributed by atoms with Crippen molar-refractivity contribution in [1.82, 2.24) is 10.2 Å². The minimum atomic E-state index is -0.352. The van der Waals surface area contributed by atoms with Crippen LogP contribution in [0.5, 0.6) is 5.75 Å². The first-order chi connectivity index (χ1) is 10.9. The van der Waals surface area contributed by atoms with Gasteiger partial charge in [0.05, 0.1) is 11.6 Å². The number of phenolic OH excluding ortho intramolecular Hbond substituents is 1. The smallest absolute Gasteiger partial charge is 0.255 e. The van der Waals surface area contributed by atoms with E-state index in [0.29, 0.717) is 6.54 Å². The molecular formula is C18H21FN2O2. The number of carbonyl (C=O) groups excluding carboxylic acids is 1. The van der Waals surface area contributed by atoms with Crippen molar-refractivity contribution in [3.8, 4) is 5.75 Å². The second kappa shape index (κ2) is 7.24. The molecule has 0 aliphatic carbocycles. The first-order valence-electron chi connectivity index (χ1n) is 7.38. The highest BCUT2D eigenvalue weighted by molar-refractivity contribution is 5.97. The molecule has 23 heavy (non-hydrogen) atoms. The topological polar surface area (TPSA) is 52.6 Å². The molecule has 0 radical (unpaired) electrons. The van der Waals surface area contributed by atoms with Crippen LogP contribution in [0.15, 0.2) is 42.5 Å². The Morgan fingerprint density at radius 3 is 2.65 bits per heavy atom. The van der Waals surface area contributed by atoms with E-state index in [-0.39, 0.29) is 29.1 Å². The fourth-order valence-electron chi connectivity index (χ4n) is 2.43. The maximum Gasteiger partial charge on any atom is 0.255 e. The number of rotatable bonds is 5. The maximum absolute atomic E-state index is 13.4. The van der Waals surface area contributed by atoms with Gasteiger partial charge in [-0.1, -0.05) is 23.8 Å². The van der Waals surface area contributed by atoms with Crippen molar-refractivity contribution in [2.45, 2.75) is 13.0 Å². The number of nitrogens with one attached hydrogen (secondary N) is 1. The first kappa shape index (κ1) is 17.0. The predicted octanol–water partition coefficient (Wildman–Crippen LogP) is 2.87. The van der Waals surface area contributed by atoms with Gasteiger partial charge in [0.25, 0.3) is 5.91 Å². The van der Waals surface area contributed by atoms with Gasteiger partial charge in [-0.05, 0) is 50.8 Å². The zero-order chi connectivity index (χ0) is 17.0. The van der Waals surface area contributed by atoms with Crippen LogP contribution in [0, 0.1) is 12.7 Å². The van der Waals surface area contributed by atoms with Crippen LogP contribution in [0.3, 0.4) is 0 Å². The molecule has 5 heteroatoms. The Morgan fingerprint density at radius 1 is 1.26 bits per heavy atom. The van der Waals surface area contributed by atoms with Crippen molar-refractivity contribution in [2.75, 3.05) is 20.6 Å². The van der Waals surface area contributed by atoms with E-state index in [1.54, 1.807) is 18.2 Å². The van der Waals surface area contributed by atoms with Gasteiger partial charge in [-0.25, -0.2) is 4.39 Å². The highest BCUT2D eigenvalue weighted by atomic mass is 19.1. The minimum Gasteiger partial charge on any atom is -0.507 e. The standard InChI is InChI=1S/C18H21FN2O2/c1-12-7-8-17(22)15(9-12)18(23)20-11-16(21(2)3)13-5-4-6-14(19)10-13/h4-10,16,22H,11H2,1-3H3,(H,20,23). The summed E-state index contributed by atoms with van der Waals surface area (Å²) in [7, 11) is 3.73. The Bertz CT molecular complexity index is 701. The molecule has 2 aromatic rings. The maximum atomic E-state index is 13.4. The molecule has 122 valence electrons. The summed E-state index contributed by atoms with van der Waals surface area (Å²) >= 11 is 0. The lowest BCUT2D eigenvalue weighted by molar-refractivity contribution is 0.0939. The Kier molecular flexibility index (Phi) is 5.34. The van der Waals surface area contributed by atoms with E-state index in [1.807, 2.05) is 32.0 Å². The predicted molar refractivity (Wildman–Crippen MR) is 88.0 cm³/mol. The third-order valence-electron chi connectivity index (χ3n) is 3.71. The van der Waals surface area contributed by atoms with E-state index in [9.17, 15) is 14.3 Å². The van der Waals surface area contributed by atoms with Gasteiger partial charge in [0.1, 0.15) is 11.6 Å². The molecule has 0 fully saturated rings. The molecular weight excluding hydrogens is 295 g/mol. The molecule has 0 saturated carbocycles. The van der Waals surface area contributed by atoms with Crippen molar-refractivity contribution in [1.29, 1.82) is 0 Å². The average Bonchev–Trinajstić information content (AvgIpc) is 2.49. The number of hydrogen-bond donors (Lipinski definition) is 2. The van der Waals surface area contributed by atoms with Gasteiger partial charge in [-0.15, -0.1) is 0 Å². The summed E-state index contributed by atoms with van der Waals surface area (Å²) < 4.78 is 13.4. The van der Waals surface area contributed by atoms with E-state index in [0.717, 1.165) is 11.1 Å². The van der Waals surface area contributed by atoms with Gasteiger partial charge in [-0.2, -0.15) is 0 Å². The van der Waals surface area contributed by atoms with Crippen LogP contribution < -0.4 is 5.32 Å². The summed E-state index contributed by atoms with van der Waals surface area (Å²) in [6.45, 7) is 2.16. The monoisotopic (exact) mass is 316 g/mol. The summed E-state index contributed by atoms with van der Waals surface area (Å²) in [6.07, 6.45) is 0. The summed E-state index contributed by atoms with van der Waals surface area (Å²) in [4.78, 5) is 14.2. The van der Waals surface area contributed by atoms with Gasteiger partial charge >= 0.3 is 0 Å². The number of amides is 1. The highest BCUT2D eigenvalue weighted by Crippen LogP contribution is 2.20. The molecule has 0 spiro atoms. The van der Waals surface area contributed by atoms with Crippen molar-refractivity contribution >= 4 is 5.91 Å². The van der Waals surface area contributed by atoms with Crippen LogP contribution in [-0.4, -0.2) is 36.6 Å². The zero-order valence-electron chi connectivity index (χ0n) is 13.5. The molecule has 2 N–H and O–H groups in total. The number of hydrogen-bond acceptors (Lipinski definition) is 3. The fourth-order valence-corrected chi connectivity index (χ4v) is 2.43. The lowest BCUT2D eigenvalue weighted by Crippen LogP contribution is -2.34. The first-order valence-corrected chi connectivity index (χ1v) is 7.38. The minimum absolute atomic E-state index is 0.0553. The Balaban J connectivity index is 2.13. The summed E-state index contributed by atoms with van der Waals surface area (Å²) in [5.41, 5.74) is 1.91. The molecule has 4 nitrogen and oxygen atoms in total. The van der Waals surface area contributed by atoms with Gasteiger partial charge in [-0.3, -0.25) is 4.79 Å². The van der Waals surface area contributed by atoms with Gasteiger partial charge in [0.15, 0.2) is 0 Å². The molecule has 0 heterocycles. The number of benzene rings is 2. The van der Waals surface area contributed by atoms with Gasteiger partial charge in [0, 0.05) is 6.54 Å². The zero-order valence-corrected chi connectivity index (χ0v) is 13.5. The molecule has 1 amide bonds. The average molecular weight is 316 g/mol. The molecule has 0 aromatic heterocycles. The summed E-state index contributed by atoms with van der Waals surface area (Å²) in [5, 5.41) is 12.6. The van der Waals surface area contributed by atoms with Crippen LogP contribution >= 0.6 is 0 Å². The molecule has 0 aliphatic heterocycles. The van der Waals surface area contributed by atoms with Crippen LogP contribution in [0.4, 0.5) is 4.39 Å². The quantitative estimate of drug-likeness (QED) is 0.892. The van der Waals surface area contributed by atoms with E-state index in [2.05, 4.69) is 5.32 Å². The van der Waals surface area contributed by atoms with Crippen molar-refractivity contribution in [3.05, 3.63) is 65.0 Å². The summed E-state index contributed by atoms with van der Waals surface area (Å²) in [6, 6.07) is 11.0. The second-order valence-electron chi connectivity index (χ2n) is 5.77. The SMILES string of the molecule is Cc1ccc(O)c(C(=O)NCC(c2cccc(F)c2)N(C)C)c1. The van der Waals surface area contributed by atoms with Crippen LogP contribution in [0.25, 0.3) is 0 Å². The van der Waals surface area contributed by atoms with Crippen LogP contribution in [0.2, 0.25) is 0 Å². The van der Waals surface area contributed by atoms with Crippen molar-refractivity contribution < 1.29 is 14.3 Å².